The zero-order valence-electron chi connectivity index (χ0n) is 11.0. The van der Waals surface area contributed by atoms with Crippen molar-refractivity contribution in [2.24, 2.45) is 0 Å². The molecule has 19 heavy (non-hydrogen) atoms. The van der Waals surface area contributed by atoms with Gasteiger partial charge < -0.3 is 10.6 Å². The lowest BCUT2D eigenvalue weighted by molar-refractivity contribution is -0.128. The third kappa shape index (κ3) is 4.73. The lowest BCUT2D eigenvalue weighted by atomic mass is 10.1. The fraction of sp³-hybridized carbons (Fsp3) is 0.385. The highest BCUT2D eigenvalue weighted by atomic mass is 35.5. The Morgan fingerprint density at radius 3 is 2.32 bits per heavy atom. The third-order valence-corrected chi connectivity index (χ3v) is 3.16. The predicted octanol–water partition coefficient (Wildman–Crippen LogP) is 2.70. The van der Waals surface area contributed by atoms with E-state index in [4.69, 9.17) is 23.2 Å². The number of halogens is 2. The van der Waals surface area contributed by atoms with E-state index in [9.17, 15) is 9.59 Å². The van der Waals surface area contributed by atoms with Crippen LogP contribution in [0.3, 0.4) is 0 Å². The molecule has 0 spiro atoms. The summed E-state index contributed by atoms with van der Waals surface area (Å²) in [5, 5.41) is 6.33. The van der Waals surface area contributed by atoms with Crippen molar-refractivity contribution < 1.29 is 9.59 Å². The summed E-state index contributed by atoms with van der Waals surface area (Å²) in [4.78, 5) is 22.7. The highest BCUT2D eigenvalue weighted by Gasteiger charge is 2.18. The van der Waals surface area contributed by atoms with Crippen LogP contribution in [-0.2, 0) is 9.59 Å². The van der Waals surface area contributed by atoms with Gasteiger partial charge in [-0.25, -0.2) is 0 Å². The average molecular weight is 303 g/mol. The van der Waals surface area contributed by atoms with E-state index in [0.29, 0.717) is 10.0 Å². The molecule has 0 aliphatic carbocycles. The molecule has 1 aromatic rings. The topological polar surface area (TPSA) is 58.2 Å². The van der Waals surface area contributed by atoms with Crippen LogP contribution >= 0.6 is 23.2 Å². The Labute approximate surface area is 122 Å². The number of hydrogen-bond acceptors (Lipinski definition) is 2. The number of rotatable bonds is 4. The molecule has 2 N–H and O–H groups in total. The van der Waals surface area contributed by atoms with Crippen LogP contribution in [0.25, 0.3) is 0 Å². The number of carbonyl (C=O) groups excluding carboxylic acids is 2. The minimum atomic E-state index is -0.592. The van der Waals surface area contributed by atoms with Gasteiger partial charge >= 0.3 is 0 Å². The van der Waals surface area contributed by atoms with E-state index in [-0.39, 0.29) is 17.9 Å². The maximum absolute atomic E-state index is 11.8. The Kier molecular flexibility index (Phi) is 5.63. The van der Waals surface area contributed by atoms with E-state index in [1.54, 1.807) is 25.1 Å². The predicted molar refractivity (Wildman–Crippen MR) is 76.3 cm³/mol. The molecule has 2 unspecified atom stereocenters. The minimum Gasteiger partial charge on any atom is -0.348 e. The summed E-state index contributed by atoms with van der Waals surface area (Å²) in [5.41, 5.74) is 0.773. The molecule has 2 amide bonds. The Morgan fingerprint density at radius 1 is 1.16 bits per heavy atom. The van der Waals surface area contributed by atoms with Crippen molar-refractivity contribution in [3.63, 3.8) is 0 Å². The van der Waals surface area contributed by atoms with E-state index < -0.39 is 6.04 Å². The lowest BCUT2D eigenvalue weighted by Gasteiger charge is -2.19. The Balaban J connectivity index is 2.71. The zero-order chi connectivity index (χ0) is 14.6. The maximum Gasteiger partial charge on any atom is 0.242 e. The second-order valence-electron chi connectivity index (χ2n) is 4.32. The summed E-state index contributed by atoms with van der Waals surface area (Å²) in [5.74, 6) is -0.520. The van der Waals surface area contributed by atoms with Gasteiger partial charge in [0.05, 0.1) is 6.04 Å². The van der Waals surface area contributed by atoms with Gasteiger partial charge in [-0.2, -0.15) is 0 Å². The van der Waals surface area contributed by atoms with Crippen molar-refractivity contribution >= 4 is 35.0 Å². The molecule has 0 saturated carbocycles. The third-order valence-electron chi connectivity index (χ3n) is 2.60. The molecule has 0 bridgehead atoms. The number of benzene rings is 1. The second-order valence-corrected chi connectivity index (χ2v) is 5.16. The first-order valence-electron chi connectivity index (χ1n) is 5.83. The average Bonchev–Trinajstić information content (AvgIpc) is 2.27. The SMILES string of the molecule is CC(=O)NC(C)C(=O)NC(C)c1ccc(Cl)cc1Cl. The van der Waals surface area contributed by atoms with Crippen molar-refractivity contribution in [1.82, 2.24) is 10.6 Å². The van der Waals surface area contributed by atoms with E-state index in [0.717, 1.165) is 5.56 Å². The molecule has 0 radical (unpaired) electrons. The summed E-state index contributed by atoms with van der Waals surface area (Å²) in [6.45, 7) is 4.80. The van der Waals surface area contributed by atoms with E-state index in [1.165, 1.54) is 6.92 Å². The maximum atomic E-state index is 11.8. The van der Waals surface area contributed by atoms with Gasteiger partial charge in [0.2, 0.25) is 11.8 Å². The summed E-state index contributed by atoms with van der Waals surface area (Å²) in [6.07, 6.45) is 0. The fourth-order valence-corrected chi connectivity index (χ4v) is 2.21. The Morgan fingerprint density at radius 2 is 1.79 bits per heavy atom. The highest BCUT2D eigenvalue weighted by molar-refractivity contribution is 6.35. The molecule has 0 saturated heterocycles. The molecule has 0 aliphatic heterocycles. The first kappa shape index (κ1) is 15.8. The number of hydrogen-bond donors (Lipinski definition) is 2. The molecule has 1 rings (SSSR count). The Hall–Kier alpha value is -1.26. The lowest BCUT2D eigenvalue weighted by Crippen LogP contribution is -2.44. The van der Waals surface area contributed by atoms with E-state index >= 15 is 0 Å². The van der Waals surface area contributed by atoms with E-state index in [2.05, 4.69) is 10.6 Å². The standard InChI is InChI=1S/C13H16Cl2N2O2/c1-7(11-5-4-10(14)6-12(11)15)17-13(19)8(2)16-9(3)18/h4-8H,1-3H3,(H,16,18)(H,17,19). The van der Waals surface area contributed by atoms with Crippen molar-refractivity contribution in [1.29, 1.82) is 0 Å². The smallest absolute Gasteiger partial charge is 0.242 e. The van der Waals surface area contributed by atoms with Crippen LogP contribution in [0.1, 0.15) is 32.4 Å². The molecule has 0 aliphatic rings. The quantitative estimate of drug-likeness (QED) is 0.898. The monoisotopic (exact) mass is 302 g/mol. The van der Waals surface area contributed by atoms with Crippen molar-refractivity contribution in [2.45, 2.75) is 32.9 Å². The number of amides is 2. The summed E-state index contributed by atoms with van der Waals surface area (Å²) >= 11 is 11.9. The molecular formula is C13H16Cl2N2O2. The highest BCUT2D eigenvalue weighted by Crippen LogP contribution is 2.26. The van der Waals surface area contributed by atoms with Crippen molar-refractivity contribution in [3.05, 3.63) is 33.8 Å². The zero-order valence-corrected chi connectivity index (χ0v) is 12.5. The number of nitrogens with one attached hydrogen (secondary N) is 2. The van der Waals surface area contributed by atoms with Gasteiger partial charge in [0.15, 0.2) is 0 Å². The summed E-state index contributed by atoms with van der Waals surface area (Å²) in [7, 11) is 0. The first-order chi connectivity index (χ1) is 8.81. The Bertz CT molecular complexity index is 492. The van der Waals surface area contributed by atoms with Crippen LogP contribution in [0.4, 0.5) is 0 Å². The van der Waals surface area contributed by atoms with Crippen LogP contribution in [0.2, 0.25) is 10.0 Å². The van der Waals surface area contributed by atoms with Gasteiger partial charge in [-0.1, -0.05) is 29.3 Å². The molecule has 104 valence electrons. The van der Waals surface area contributed by atoms with Gasteiger partial charge in [-0.05, 0) is 31.5 Å². The normalized spacial score (nSPS) is 13.5. The molecular weight excluding hydrogens is 287 g/mol. The van der Waals surface area contributed by atoms with Crippen LogP contribution in [0, 0.1) is 0 Å². The molecule has 0 heterocycles. The van der Waals surface area contributed by atoms with Crippen LogP contribution in [0.15, 0.2) is 18.2 Å². The van der Waals surface area contributed by atoms with Gasteiger partial charge in [0.1, 0.15) is 6.04 Å². The minimum absolute atomic E-state index is 0.250. The summed E-state index contributed by atoms with van der Waals surface area (Å²) < 4.78 is 0. The first-order valence-corrected chi connectivity index (χ1v) is 6.59. The molecule has 4 nitrogen and oxygen atoms in total. The molecule has 6 heteroatoms. The van der Waals surface area contributed by atoms with Gasteiger partial charge in [0, 0.05) is 17.0 Å². The largest absolute Gasteiger partial charge is 0.348 e. The van der Waals surface area contributed by atoms with Gasteiger partial charge in [-0.3, -0.25) is 9.59 Å². The summed E-state index contributed by atoms with van der Waals surface area (Å²) in [6, 6.07) is 4.24. The van der Waals surface area contributed by atoms with Crippen LogP contribution < -0.4 is 10.6 Å². The van der Waals surface area contributed by atoms with Crippen molar-refractivity contribution in [3.8, 4) is 0 Å². The molecule has 0 fully saturated rings. The second kappa shape index (κ2) is 6.78. The van der Waals surface area contributed by atoms with Crippen LogP contribution in [0.5, 0.6) is 0 Å². The molecule has 2 atom stereocenters. The van der Waals surface area contributed by atoms with Gasteiger partial charge in [0.25, 0.3) is 0 Å². The molecule has 0 aromatic heterocycles. The molecule has 1 aromatic carbocycles. The van der Waals surface area contributed by atoms with Gasteiger partial charge in [-0.15, -0.1) is 0 Å². The fourth-order valence-electron chi connectivity index (χ4n) is 1.64. The number of carbonyl (C=O) groups is 2. The van der Waals surface area contributed by atoms with Crippen LogP contribution in [-0.4, -0.2) is 17.9 Å². The van der Waals surface area contributed by atoms with Crippen molar-refractivity contribution in [2.75, 3.05) is 0 Å². The van der Waals surface area contributed by atoms with E-state index in [1.807, 2.05) is 6.92 Å².